The van der Waals surface area contributed by atoms with Crippen molar-refractivity contribution in [2.24, 2.45) is 0 Å². The molecule has 0 saturated carbocycles. The molecule has 1 fully saturated rings. The van der Waals surface area contributed by atoms with E-state index in [0.29, 0.717) is 6.04 Å². The second-order valence-electron chi connectivity index (χ2n) is 4.93. The first-order valence-corrected chi connectivity index (χ1v) is 7.16. The predicted molar refractivity (Wildman–Crippen MR) is 76.8 cm³/mol. The van der Waals surface area contributed by atoms with E-state index >= 15 is 0 Å². The molecule has 1 saturated heterocycles. The zero-order chi connectivity index (χ0) is 13.1. The van der Waals surface area contributed by atoms with E-state index in [2.05, 4.69) is 34.7 Å². The molecule has 1 heterocycles. The average molecular weight is 311 g/mol. The second kappa shape index (κ2) is 5.85. The average Bonchev–Trinajstić information content (AvgIpc) is 2.39. The van der Waals surface area contributed by atoms with E-state index in [0.717, 1.165) is 36.2 Å². The maximum absolute atomic E-state index is 12.3. The van der Waals surface area contributed by atoms with E-state index in [9.17, 15) is 4.79 Å². The topological polar surface area (TPSA) is 23.6 Å². The van der Waals surface area contributed by atoms with E-state index in [-0.39, 0.29) is 5.91 Å². The smallest absolute Gasteiger partial charge is 0.253 e. The summed E-state index contributed by atoms with van der Waals surface area (Å²) in [4.78, 5) is 16.6. The quantitative estimate of drug-likeness (QED) is 0.838. The van der Waals surface area contributed by atoms with Gasteiger partial charge in [-0.3, -0.25) is 9.69 Å². The number of carbonyl (C=O) groups excluding carboxylic acids is 1. The van der Waals surface area contributed by atoms with Crippen LogP contribution in [0.4, 0.5) is 0 Å². The van der Waals surface area contributed by atoms with Crippen LogP contribution < -0.4 is 0 Å². The number of benzene rings is 1. The normalized spacial score (nSPS) is 17.2. The first-order valence-electron chi connectivity index (χ1n) is 6.37. The minimum atomic E-state index is 0.144. The number of carbonyl (C=O) groups is 1. The van der Waals surface area contributed by atoms with Gasteiger partial charge in [-0.05, 0) is 38.1 Å². The molecule has 0 atom stereocenters. The van der Waals surface area contributed by atoms with Crippen molar-refractivity contribution in [3.63, 3.8) is 0 Å². The van der Waals surface area contributed by atoms with Crippen LogP contribution in [0.2, 0.25) is 0 Å². The highest BCUT2D eigenvalue weighted by Crippen LogP contribution is 2.14. The summed E-state index contributed by atoms with van der Waals surface area (Å²) in [6.45, 7) is 8.00. The Bertz CT molecular complexity index is 408. The van der Waals surface area contributed by atoms with Crippen molar-refractivity contribution in [1.29, 1.82) is 0 Å². The van der Waals surface area contributed by atoms with Gasteiger partial charge in [-0.1, -0.05) is 15.9 Å². The molecule has 2 rings (SSSR count). The molecule has 0 aromatic heterocycles. The Morgan fingerprint density at radius 1 is 1.11 bits per heavy atom. The number of hydrogen-bond donors (Lipinski definition) is 0. The lowest BCUT2D eigenvalue weighted by Gasteiger charge is -2.36. The summed E-state index contributed by atoms with van der Waals surface area (Å²) in [5.41, 5.74) is 0.774. The number of amides is 1. The largest absolute Gasteiger partial charge is 0.336 e. The highest BCUT2D eigenvalue weighted by atomic mass is 79.9. The summed E-state index contributed by atoms with van der Waals surface area (Å²) in [5.74, 6) is 0.144. The first kappa shape index (κ1) is 13.6. The van der Waals surface area contributed by atoms with Gasteiger partial charge in [-0.25, -0.2) is 0 Å². The van der Waals surface area contributed by atoms with Crippen LogP contribution in [0, 0.1) is 0 Å². The van der Waals surface area contributed by atoms with E-state index in [1.165, 1.54) is 0 Å². The summed E-state index contributed by atoms with van der Waals surface area (Å²) in [5, 5.41) is 0. The summed E-state index contributed by atoms with van der Waals surface area (Å²) in [6, 6.07) is 8.15. The molecular weight excluding hydrogens is 292 g/mol. The first-order chi connectivity index (χ1) is 8.58. The number of rotatable bonds is 2. The maximum atomic E-state index is 12.3. The molecule has 98 valence electrons. The molecule has 1 aliphatic rings. The lowest BCUT2D eigenvalue weighted by atomic mass is 10.1. The third kappa shape index (κ3) is 3.12. The summed E-state index contributed by atoms with van der Waals surface area (Å²) in [6.07, 6.45) is 0. The molecule has 0 bridgehead atoms. The molecule has 18 heavy (non-hydrogen) atoms. The molecule has 1 aliphatic heterocycles. The fraction of sp³-hybridized carbons (Fsp3) is 0.500. The van der Waals surface area contributed by atoms with Crippen molar-refractivity contribution in [3.05, 3.63) is 34.3 Å². The maximum Gasteiger partial charge on any atom is 0.253 e. The molecule has 0 unspecified atom stereocenters. The molecule has 0 N–H and O–H groups in total. The zero-order valence-corrected chi connectivity index (χ0v) is 12.5. The highest BCUT2D eigenvalue weighted by molar-refractivity contribution is 9.10. The van der Waals surface area contributed by atoms with E-state index < -0.39 is 0 Å². The number of nitrogens with zero attached hydrogens (tertiary/aromatic N) is 2. The van der Waals surface area contributed by atoms with Crippen LogP contribution in [0.5, 0.6) is 0 Å². The van der Waals surface area contributed by atoms with Crippen LogP contribution >= 0.6 is 15.9 Å². The van der Waals surface area contributed by atoms with Crippen LogP contribution in [-0.2, 0) is 0 Å². The number of piperazine rings is 1. The van der Waals surface area contributed by atoms with Gasteiger partial charge in [0.1, 0.15) is 0 Å². The molecule has 1 amide bonds. The third-order valence-corrected chi connectivity index (χ3v) is 3.95. The van der Waals surface area contributed by atoms with E-state index in [4.69, 9.17) is 0 Å². The number of hydrogen-bond acceptors (Lipinski definition) is 2. The van der Waals surface area contributed by atoms with Crippen LogP contribution in [0.15, 0.2) is 28.7 Å². The zero-order valence-electron chi connectivity index (χ0n) is 10.9. The SMILES string of the molecule is CC(C)N1CCN(C(=O)c2ccc(Br)cc2)CC1. The van der Waals surface area contributed by atoms with Gasteiger partial charge in [-0.15, -0.1) is 0 Å². The fourth-order valence-electron chi connectivity index (χ4n) is 2.22. The van der Waals surface area contributed by atoms with Crippen molar-refractivity contribution in [2.75, 3.05) is 26.2 Å². The number of halogens is 1. The molecule has 0 radical (unpaired) electrons. The van der Waals surface area contributed by atoms with E-state index in [1.807, 2.05) is 29.2 Å². The van der Waals surface area contributed by atoms with Gasteiger partial charge < -0.3 is 4.90 Å². The van der Waals surface area contributed by atoms with Crippen molar-refractivity contribution in [2.45, 2.75) is 19.9 Å². The Morgan fingerprint density at radius 3 is 2.17 bits per heavy atom. The fourth-order valence-corrected chi connectivity index (χ4v) is 2.48. The standard InChI is InChI=1S/C14H19BrN2O/c1-11(2)16-7-9-17(10-8-16)14(18)12-3-5-13(15)6-4-12/h3-6,11H,7-10H2,1-2H3. The minimum Gasteiger partial charge on any atom is -0.336 e. The molecule has 0 aliphatic carbocycles. The molecule has 1 aromatic rings. The van der Waals surface area contributed by atoms with E-state index in [1.54, 1.807) is 0 Å². The summed E-state index contributed by atoms with van der Waals surface area (Å²) < 4.78 is 1.00. The Balaban J connectivity index is 1.97. The third-order valence-electron chi connectivity index (χ3n) is 3.42. The highest BCUT2D eigenvalue weighted by Gasteiger charge is 2.22. The monoisotopic (exact) mass is 310 g/mol. The van der Waals surface area contributed by atoms with Crippen molar-refractivity contribution in [1.82, 2.24) is 9.80 Å². The van der Waals surface area contributed by atoms with Gasteiger partial charge in [-0.2, -0.15) is 0 Å². The van der Waals surface area contributed by atoms with Gasteiger partial charge in [0.25, 0.3) is 5.91 Å². The van der Waals surface area contributed by atoms with Crippen molar-refractivity contribution in [3.8, 4) is 0 Å². The van der Waals surface area contributed by atoms with Crippen LogP contribution in [0.25, 0.3) is 0 Å². The van der Waals surface area contributed by atoms with Gasteiger partial charge in [0, 0.05) is 42.3 Å². The Kier molecular flexibility index (Phi) is 4.40. The van der Waals surface area contributed by atoms with Gasteiger partial charge in [0.15, 0.2) is 0 Å². The van der Waals surface area contributed by atoms with Crippen LogP contribution in [0.1, 0.15) is 24.2 Å². The molecule has 3 nitrogen and oxygen atoms in total. The van der Waals surface area contributed by atoms with Crippen molar-refractivity contribution < 1.29 is 4.79 Å². The second-order valence-corrected chi connectivity index (χ2v) is 5.84. The Morgan fingerprint density at radius 2 is 1.67 bits per heavy atom. The van der Waals surface area contributed by atoms with Gasteiger partial charge >= 0.3 is 0 Å². The summed E-state index contributed by atoms with van der Waals surface area (Å²) in [7, 11) is 0. The Labute approximate surface area is 117 Å². The summed E-state index contributed by atoms with van der Waals surface area (Å²) >= 11 is 3.38. The minimum absolute atomic E-state index is 0.144. The lowest BCUT2D eigenvalue weighted by molar-refractivity contribution is 0.0595. The molecular formula is C14H19BrN2O. The molecule has 0 spiro atoms. The van der Waals surface area contributed by atoms with Gasteiger partial charge in [0.05, 0.1) is 0 Å². The predicted octanol–water partition coefficient (Wildman–Crippen LogP) is 2.62. The molecule has 4 heteroatoms. The lowest BCUT2D eigenvalue weighted by Crippen LogP contribution is -2.50. The Hall–Kier alpha value is -0.870. The van der Waals surface area contributed by atoms with Gasteiger partial charge in [0.2, 0.25) is 0 Å². The van der Waals surface area contributed by atoms with Crippen molar-refractivity contribution >= 4 is 21.8 Å². The van der Waals surface area contributed by atoms with Crippen LogP contribution in [0.3, 0.4) is 0 Å². The molecule has 1 aromatic carbocycles. The van der Waals surface area contributed by atoms with Crippen LogP contribution in [-0.4, -0.2) is 47.9 Å².